The molecule has 0 saturated heterocycles. The maximum Gasteiger partial charge on any atom is 0.326 e. The van der Waals surface area contributed by atoms with E-state index in [0.717, 1.165) is 0 Å². The Kier molecular flexibility index (Phi) is 26.6. The Bertz CT molecular complexity index is 1180. The molecule has 0 aromatic heterocycles. The summed E-state index contributed by atoms with van der Waals surface area (Å²) in [5.41, 5.74) is 15.6. The largest absolute Gasteiger partial charge is 0.480 e. The van der Waals surface area contributed by atoms with E-state index in [-0.39, 0.29) is 50.4 Å². The summed E-state index contributed by atoms with van der Waals surface area (Å²) in [4.78, 5) is 97.3. The fourth-order valence-electron chi connectivity index (χ4n) is 3.49. The molecule has 0 rings (SSSR count). The second kappa shape index (κ2) is 26.9. The normalized spacial score (nSPS) is 14.5. The highest BCUT2D eigenvalue weighted by Gasteiger charge is 2.26. The minimum absolute atomic E-state index is 0.0187. The third-order valence-corrected chi connectivity index (χ3v) is 6.88. The Hall–Kier alpha value is -4.89. The first kappa shape index (κ1) is 50.5. The van der Waals surface area contributed by atoms with E-state index < -0.39 is 89.8 Å². The van der Waals surface area contributed by atoms with Crippen LogP contribution >= 0.6 is 0 Å². The maximum absolute atomic E-state index is 11.5. The molecule has 3 amide bonds. The van der Waals surface area contributed by atoms with E-state index in [2.05, 4.69) is 16.0 Å². The number of rotatable bonds is 22. The molecule has 0 radical (unpaired) electrons. The average molecular weight is 739 g/mol. The molecule has 0 aliphatic heterocycles. The predicted molar refractivity (Wildman–Crippen MR) is 178 cm³/mol. The molecule has 0 aromatic carbocycles. The SMILES string of the molecule is CC(C)C[C@H](NC(=O)CC[C@H](N)C(=O)O)C(=O)O.CC[C@H](C)[C@H](NC(=O)CC[C@H](N)C(=O)O)C(=O)O.C[C@H](NC(=O)CC[C@H](N)C(=O)O)C(=O)O. The van der Waals surface area contributed by atoms with Crippen LogP contribution in [0.4, 0.5) is 0 Å². The van der Waals surface area contributed by atoms with Crippen LogP contribution in [0.5, 0.6) is 0 Å². The lowest BCUT2D eigenvalue weighted by Crippen LogP contribution is -2.45. The van der Waals surface area contributed by atoms with Crippen LogP contribution in [0.15, 0.2) is 0 Å². The van der Waals surface area contributed by atoms with Gasteiger partial charge in [-0.1, -0.05) is 34.1 Å². The van der Waals surface area contributed by atoms with Crippen LogP contribution in [0.3, 0.4) is 0 Å². The lowest BCUT2D eigenvalue weighted by Gasteiger charge is -2.20. The molecule has 51 heavy (non-hydrogen) atoms. The smallest absolute Gasteiger partial charge is 0.326 e. The number of carboxylic acids is 6. The Labute approximate surface area is 294 Å². The summed E-state index contributed by atoms with van der Waals surface area (Å²) in [6.45, 7) is 8.57. The molecule has 21 heteroatoms. The van der Waals surface area contributed by atoms with Crippen LogP contribution in [0.2, 0.25) is 0 Å². The summed E-state index contributed by atoms with van der Waals surface area (Å²) in [6, 6.07) is -6.21. The summed E-state index contributed by atoms with van der Waals surface area (Å²) in [5.74, 6) is -8.48. The summed E-state index contributed by atoms with van der Waals surface area (Å²) in [7, 11) is 0. The minimum Gasteiger partial charge on any atom is -0.480 e. The number of hydrogen-bond donors (Lipinski definition) is 12. The number of carboxylic acid groups (broad SMARTS) is 6. The van der Waals surface area contributed by atoms with Crippen LogP contribution in [0, 0.1) is 11.8 Å². The number of nitrogens with one attached hydrogen (secondary N) is 3. The Morgan fingerprint density at radius 2 is 0.863 bits per heavy atom. The molecule has 0 spiro atoms. The molecule has 0 aliphatic rings. The molecule has 15 N–H and O–H groups in total. The monoisotopic (exact) mass is 738 g/mol. The van der Waals surface area contributed by atoms with Gasteiger partial charge in [0.25, 0.3) is 0 Å². The van der Waals surface area contributed by atoms with Gasteiger partial charge in [-0.15, -0.1) is 0 Å². The van der Waals surface area contributed by atoms with E-state index >= 15 is 0 Å². The summed E-state index contributed by atoms with van der Waals surface area (Å²) >= 11 is 0. The number of carbonyl (C=O) groups excluding carboxylic acids is 3. The molecule has 0 heterocycles. The van der Waals surface area contributed by atoms with Crippen LogP contribution in [0.25, 0.3) is 0 Å². The number of aliphatic carboxylic acids is 6. The zero-order chi connectivity index (χ0) is 40.6. The van der Waals surface area contributed by atoms with E-state index in [1.807, 2.05) is 20.8 Å². The van der Waals surface area contributed by atoms with Crippen molar-refractivity contribution in [3.05, 3.63) is 0 Å². The Morgan fingerprint density at radius 1 is 0.510 bits per heavy atom. The number of hydrogen-bond acceptors (Lipinski definition) is 12. The van der Waals surface area contributed by atoms with Crippen molar-refractivity contribution >= 4 is 53.5 Å². The first-order valence-electron chi connectivity index (χ1n) is 15.9. The Morgan fingerprint density at radius 3 is 1.14 bits per heavy atom. The molecule has 0 unspecified atom stereocenters. The zero-order valence-corrected chi connectivity index (χ0v) is 29.4. The van der Waals surface area contributed by atoms with Gasteiger partial charge in [0.15, 0.2) is 0 Å². The first-order valence-corrected chi connectivity index (χ1v) is 15.9. The van der Waals surface area contributed by atoms with Gasteiger partial charge in [0.1, 0.15) is 36.3 Å². The molecule has 0 bridgehead atoms. The second-order valence-electron chi connectivity index (χ2n) is 11.9. The molecule has 7 atom stereocenters. The van der Waals surface area contributed by atoms with Gasteiger partial charge in [-0.05, 0) is 44.4 Å². The minimum atomic E-state index is -1.19. The van der Waals surface area contributed by atoms with Crippen molar-refractivity contribution in [3.63, 3.8) is 0 Å². The standard InChI is InChI=1S/2C11H20N2O5.C8H14N2O5/c1-6(2)5-8(11(17)18)13-9(14)4-3-7(12)10(15)16;1-3-6(2)9(11(17)18)13-8(14)5-4-7(12)10(15)16;1-4(7(12)13)10-6(11)3-2-5(9)8(14)15/h6-8H,3-5,12H2,1-2H3,(H,13,14)(H,15,16)(H,17,18);6-7,9H,3-5,12H2,1-2H3,(H,13,14)(H,15,16)(H,17,18);4-5H,2-3,9H2,1H3,(H,10,11)(H,12,13)(H,14,15)/t7-,8-;6-,7-,9-;4-,5-/m000/s1. The lowest BCUT2D eigenvalue weighted by molar-refractivity contribution is -0.143. The summed E-state index contributed by atoms with van der Waals surface area (Å²) in [5, 5.41) is 58.7. The van der Waals surface area contributed by atoms with Crippen molar-refractivity contribution in [1.82, 2.24) is 16.0 Å². The van der Waals surface area contributed by atoms with Gasteiger partial charge < -0.3 is 63.8 Å². The predicted octanol–water partition coefficient (Wildman–Crippen LogP) is -1.64. The topological polar surface area (TPSA) is 389 Å². The molecule has 294 valence electrons. The summed E-state index contributed by atoms with van der Waals surface area (Å²) in [6.07, 6.45) is 0.572. The quantitative estimate of drug-likeness (QED) is 0.0592. The van der Waals surface area contributed by atoms with E-state index in [4.69, 9.17) is 47.8 Å². The van der Waals surface area contributed by atoms with Crippen LogP contribution in [-0.2, 0) is 43.2 Å². The van der Waals surface area contributed by atoms with Crippen molar-refractivity contribution in [2.75, 3.05) is 0 Å². The van der Waals surface area contributed by atoms with Gasteiger partial charge in [-0.25, -0.2) is 9.59 Å². The highest BCUT2D eigenvalue weighted by atomic mass is 16.4. The van der Waals surface area contributed by atoms with Gasteiger partial charge in [-0.2, -0.15) is 0 Å². The summed E-state index contributed by atoms with van der Waals surface area (Å²) < 4.78 is 0. The average Bonchev–Trinajstić information content (AvgIpc) is 3.02. The van der Waals surface area contributed by atoms with Crippen molar-refractivity contribution in [1.29, 1.82) is 0 Å². The highest BCUT2D eigenvalue weighted by molar-refractivity contribution is 5.85. The van der Waals surface area contributed by atoms with Crippen molar-refractivity contribution in [3.8, 4) is 0 Å². The third-order valence-electron chi connectivity index (χ3n) is 6.88. The van der Waals surface area contributed by atoms with E-state index in [1.165, 1.54) is 6.92 Å². The highest BCUT2D eigenvalue weighted by Crippen LogP contribution is 2.09. The fourth-order valence-corrected chi connectivity index (χ4v) is 3.49. The molecule has 0 aliphatic carbocycles. The fraction of sp³-hybridized carbons (Fsp3) is 0.700. The second-order valence-corrected chi connectivity index (χ2v) is 11.9. The van der Waals surface area contributed by atoms with Gasteiger partial charge in [0.2, 0.25) is 17.7 Å². The zero-order valence-electron chi connectivity index (χ0n) is 29.4. The lowest BCUT2D eigenvalue weighted by atomic mass is 9.99. The van der Waals surface area contributed by atoms with Gasteiger partial charge >= 0.3 is 35.8 Å². The van der Waals surface area contributed by atoms with E-state index in [0.29, 0.717) is 12.8 Å². The van der Waals surface area contributed by atoms with Gasteiger partial charge in [0.05, 0.1) is 0 Å². The molecule has 0 fully saturated rings. The first-order chi connectivity index (χ1) is 23.4. The molecule has 21 nitrogen and oxygen atoms in total. The van der Waals surface area contributed by atoms with Crippen molar-refractivity contribution in [2.24, 2.45) is 29.0 Å². The van der Waals surface area contributed by atoms with Gasteiger partial charge in [-0.3, -0.25) is 33.6 Å². The Balaban J connectivity index is -0.000000681. The number of carbonyl (C=O) groups is 9. The molecule has 0 aromatic rings. The maximum atomic E-state index is 11.5. The molecular weight excluding hydrogens is 684 g/mol. The van der Waals surface area contributed by atoms with Gasteiger partial charge in [0, 0.05) is 19.3 Å². The third kappa shape index (κ3) is 26.6. The number of amides is 3. The molecule has 0 saturated carbocycles. The molecular formula is C30H54N6O15. The van der Waals surface area contributed by atoms with Crippen LogP contribution in [0.1, 0.15) is 86.0 Å². The van der Waals surface area contributed by atoms with Crippen molar-refractivity contribution in [2.45, 2.75) is 122 Å². The van der Waals surface area contributed by atoms with Crippen LogP contribution in [-0.4, -0.2) is 120 Å². The number of nitrogens with two attached hydrogens (primary N) is 3. The van der Waals surface area contributed by atoms with Crippen LogP contribution < -0.4 is 33.2 Å². The van der Waals surface area contributed by atoms with Crippen molar-refractivity contribution < 1.29 is 73.8 Å². The van der Waals surface area contributed by atoms with E-state index in [9.17, 15) is 43.2 Å². The van der Waals surface area contributed by atoms with E-state index in [1.54, 1.807) is 6.92 Å².